The number of piperazine rings is 1. The van der Waals surface area contributed by atoms with Crippen molar-refractivity contribution < 1.29 is 19.1 Å². The van der Waals surface area contributed by atoms with Gasteiger partial charge in [0.05, 0.1) is 13.5 Å². The topological polar surface area (TPSA) is 59.1 Å². The summed E-state index contributed by atoms with van der Waals surface area (Å²) in [6.45, 7) is 8.12. The van der Waals surface area contributed by atoms with Gasteiger partial charge >= 0.3 is 0 Å². The Bertz CT molecular complexity index is 887. The van der Waals surface area contributed by atoms with Crippen LogP contribution in [-0.2, 0) is 16.0 Å². The Hall–Kier alpha value is -3.02. The largest absolute Gasteiger partial charge is 0.497 e. The molecule has 2 amide bonds. The van der Waals surface area contributed by atoms with Gasteiger partial charge in [0, 0.05) is 26.2 Å². The van der Waals surface area contributed by atoms with Crippen molar-refractivity contribution >= 4 is 11.8 Å². The van der Waals surface area contributed by atoms with E-state index in [4.69, 9.17) is 9.47 Å². The highest BCUT2D eigenvalue weighted by Crippen LogP contribution is 2.27. The van der Waals surface area contributed by atoms with Crippen molar-refractivity contribution in [1.29, 1.82) is 0 Å². The van der Waals surface area contributed by atoms with E-state index in [1.54, 1.807) is 18.9 Å². The third-order valence-corrected chi connectivity index (χ3v) is 5.65. The SMILES string of the molecule is COc1ccc(CC(=O)N2CCN(C(=O)C(C)Oc3ccccc3C(C)C)CC2)cc1. The molecule has 3 rings (SSSR count). The van der Waals surface area contributed by atoms with Gasteiger partial charge in [-0.3, -0.25) is 9.59 Å². The molecule has 6 heteroatoms. The van der Waals surface area contributed by atoms with Crippen LogP contribution in [0.2, 0.25) is 0 Å². The van der Waals surface area contributed by atoms with Crippen LogP contribution in [0.5, 0.6) is 11.5 Å². The molecule has 2 aromatic carbocycles. The highest BCUT2D eigenvalue weighted by atomic mass is 16.5. The summed E-state index contributed by atoms with van der Waals surface area (Å²) in [5.41, 5.74) is 2.05. The van der Waals surface area contributed by atoms with E-state index in [0.717, 1.165) is 22.6 Å². The first-order valence-corrected chi connectivity index (χ1v) is 10.8. The lowest BCUT2D eigenvalue weighted by Gasteiger charge is -2.36. The van der Waals surface area contributed by atoms with Crippen LogP contribution in [0.3, 0.4) is 0 Å². The van der Waals surface area contributed by atoms with Crippen LogP contribution in [0.4, 0.5) is 0 Å². The van der Waals surface area contributed by atoms with Gasteiger partial charge in [0.2, 0.25) is 5.91 Å². The summed E-state index contributed by atoms with van der Waals surface area (Å²) in [6.07, 6.45) is -0.217. The van der Waals surface area contributed by atoms with Crippen molar-refractivity contribution in [1.82, 2.24) is 9.80 Å². The van der Waals surface area contributed by atoms with E-state index in [2.05, 4.69) is 13.8 Å². The molecule has 31 heavy (non-hydrogen) atoms. The fraction of sp³-hybridized carbons (Fsp3) is 0.440. The van der Waals surface area contributed by atoms with Gasteiger partial charge in [-0.15, -0.1) is 0 Å². The molecule has 6 nitrogen and oxygen atoms in total. The fourth-order valence-corrected chi connectivity index (χ4v) is 3.77. The summed E-state index contributed by atoms with van der Waals surface area (Å²) < 4.78 is 11.2. The number of amides is 2. The minimum atomic E-state index is -0.568. The Balaban J connectivity index is 1.51. The number of ether oxygens (including phenoxy) is 2. The van der Waals surface area contributed by atoms with Gasteiger partial charge in [-0.05, 0) is 42.2 Å². The Kier molecular flexibility index (Phi) is 7.55. The van der Waals surface area contributed by atoms with Gasteiger partial charge in [-0.25, -0.2) is 0 Å². The number of methoxy groups -OCH3 is 1. The van der Waals surface area contributed by atoms with Gasteiger partial charge in [0.25, 0.3) is 5.91 Å². The van der Waals surface area contributed by atoms with Crippen molar-refractivity contribution in [3.05, 3.63) is 59.7 Å². The van der Waals surface area contributed by atoms with E-state index >= 15 is 0 Å². The minimum absolute atomic E-state index is 0.0409. The van der Waals surface area contributed by atoms with Crippen LogP contribution in [0.25, 0.3) is 0 Å². The molecule has 1 atom stereocenters. The smallest absolute Gasteiger partial charge is 0.263 e. The number of rotatable bonds is 7. The summed E-state index contributed by atoms with van der Waals surface area (Å²) >= 11 is 0. The molecule has 0 bridgehead atoms. The van der Waals surface area contributed by atoms with Gasteiger partial charge in [-0.1, -0.05) is 44.2 Å². The van der Waals surface area contributed by atoms with Gasteiger partial charge < -0.3 is 19.3 Å². The molecule has 1 fully saturated rings. The zero-order valence-electron chi connectivity index (χ0n) is 18.8. The number of carbonyl (C=O) groups excluding carboxylic acids is 2. The first-order valence-electron chi connectivity index (χ1n) is 10.8. The molecule has 1 aliphatic heterocycles. The number of hydrogen-bond donors (Lipinski definition) is 0. The molecule has 1 aliphatic rings. The molecule has 0 radical (unpaired) electrons. The van der Waals surface area contributed by atoms with Gasteiger partial charge in [0.15, 0.2) is 6.10 Å². The number of hydrogen-bond acceptors (Lipinski definition) is 4. The second kappa shape index (κ2) is 10.3. The zero-order chi connectivity index (χ0) is 22.4. The summed E-state index contributed by atoms with van der Waals surface area (Å²) in [6, 6.07) is 15.4. The summed E-state index contributed by atoms with van der Waals surface area (Å²) in [7, 11) is 1.62. The van der Waals surface area contributed by atoms with Gasteiger partial charge in [0.1, 0.15) is 11.5 Å². The van der Waals surface area contributed by atoms with E-state index in [-0.39, 0.29) is 11.8 Å². The average Bonchev–Trinajstić information content (AvgIpc) is 2.79. The van der Waals surface area contributed by atoms with Crippen LogP contribution in [0, 0.1) is 0 Å². The van der Waals surface area contributed by atoms with Crippen molar-refractivity contribution in [2.24, 2.45) is 0 Å². The van der Waals surface area contributed by atoms with Crippen molar-refractivity contribution in [3.8, 4) is 11.5 Å². The maximum atomic E-state index is 12.9. The lowest BCUT2D eigenvalue weighted by molar-refractivity contribution is -0.143. The number of carbonyl (C=O) groups is 2. The zero-order valence-corrected chi connectivity index (χ0v) is 18.8. The van der Waals surface area contributed by atoms with E-state index in [0.29, 0.717) is 38.5 Å². The van der Waals surface area contributed by atoms with Crippen LogP contribution in [0.15, 0.2) is 48.5 Å². The summed E-state index contributed by atoms with van der Waals surface area (Å²) in [5, 5.41) is 0. The molecule has 0 aliphatic carbocycles. The first-order chi connectivity index (χ1) is 14.9. The number of nitrogens with zero attached hydrogens (tertiary/aromatic N) is 2. The first kappa shape index (κ1) is 22.7. The molecule has 0 aromatic heterocycles. The molecule has 1 saturated heterocycles. The summed E-state index contributed by atoms with van der Waals surface area (Å²) in [5.74, 6) is 1.88. The second-order valence-electron chi connectivity index (χ2n) is 8.18. The molecule has 0 N–H and O–H groups in total. The van der Waals surface area contributed by atoms with Crippen molar-refractivity contribution in [3.63, 3.8) is 0 Å². The summed E-state index contributed by atoms with van der Waals surface area (Å²) in [4.78, 5) is 29.2. The Morgan fingerprint density at radius 1 is 0.903 bits per heavy atom. The maximum Gasteiger partial charge on any atom is 0.263 e. The van der Waals surface area contributed by atoms with E-state index in [1.807, 2.05) is 53.4 Å². The van der Waals surface area contributed by atoms with Crippen molar-refractivity contribution in [2.45, 2.75) is 39.2 Å². The number of benzene rings is 2. The standard InChI is InChI=1S/C25H32N2O4/c1-18(2)22-7-5-6-8-23(22)31-19(3)25(29)27-15-13-26(14-16-27)24(28)17-20-9-11-21(30-4)12-10-20/h5-12,18-19H,13-17H2,1-4H3. The highest BCUT2D eigenvalue weighted by molar-refractivity contribution is 5.82. The van der Waals surface area contributed by atoms with E-state index in [1.165, 1.54) is 0 Å². The Morgan fingerprint density at radius 2 is 1.52 bits per heavy atom. The Labute approximate surface area is 184 Å². The quantitative estimate of drug-likeness (QED) is 0.683. The normalized spacial score (nSPS) is 15.0. The third kappa shape index (κ3) is 5.78. The molecule has 166 valence electrons. The fourth-order valence-electron chi connectivity index (χ4n) is 3.77. The van der Waals surface area contributed by atoms with E-state index < -0.39 is 6.10 Å². The monoisotopic (exact) mass is 424 g/mol. The molecule has 0 spiro atoms. The molecular formula is C25H32N2O4. The lowest BCUT2D eigenvalue weighted by Crippen LogP contribution is -2.53. The predicted octanol–water partition coefficient (Wildman–Crippen LogP) is 3.50. The predicted molar refractivity (Wildman–Crippen MR) is 120 cm³/mol. The maximum absolute atomic E-state index is 12.9. The highest BCUT2D eigenvalue weighted by Gasteiger charge is 2.28. The van der Waals surface area contributed by atoms with Crippen LogP contribution >= 0.6 is 0 Å². The van der Waals surface area contributed by atoms with Gasteiger partial charge in [-0.2, -0.15) is 0 Å². The van der Waals surface area contributed by atoms with Crippen LogP contribution < -0.4 is 9.47 Å². The van der Waals surface area contributed by atoms with Crippen LogP contribution in [-0.4, -0.2) is 61.0 Å². The molecule has 2 aromatic rings. The molecule has 1 unspecified atom stereocenters. The van der Waals surface area contributed by atoms with E-state index in [9.17, 15) is 9.59 Å². The van der Waals surface area contributed by atoms with Crippen molar-refractivity contribution in [2.75, 3.05) is 33.3 Å². The number of para-hydroxylation sites is 1. The Morgan fingerprint density at radius 3 is 2.13 bits per heavy atom. The minimum Gasteiger partial charge on any atom is -0.497 e. The lowest BCUT2D eigenvalue weighted by atomic mass is 10.0. The third-order valence-electron chi connectivity index (χ3n) is 5.65. The molecule has 0 saturated carbocycles. The molecular weight excluding hydrogens is 392 g/mol. The average molecular weight is 425 g/mol. The van der Waals surface area contributed by atoms with Crippen LogP contribution in [0.1, 0.15) is 37.8 Å². The molecule has 1 heterocycles. The second-order valence-corrected chi connectivity index (χ2v) is 8.18.